The zero-order chi connectivity index (χ0) is 20.3. The molecule has 150 valence electrons. The van der Waals surface area contributed by atoms with Crippen molar-refractivity contribution in [1.82, 2.24) is 10.2 Å². The first kappa shape index (κ1) is 20.2. The summed E-state index contributed by atoms with van der Waals surface area (Å²) in [6.07, 6.45) is 2.62. The van der Waals surface area contributed by atoms with E-state index in [1.807, 2.05) is 17.0 Å². The molecule has 1 aliphatic rings. The number of benzene rings is 2. The number of phenolic OH excluding ortho intramolecular Hbond substituents is 2. The zero-order valence-corrected chi connectivity index (χ0v) is 17.1. The standard InChI is InChI=1S/C19H23N3O4S2/c1-28(25,26)21-16-4-2-13(3-5-16)6-8-20-19(27)22-9-7-14-10-17(23)18(24)11-15(14)12-22/h2-5,10-11,21,23-24H,6-9,12H2,1H3,(H,20,27). The summed E-state index contributed by atoms with van der Waals surface area (Å²) in [5.41, 5.74) is 3.59. The molecule has 0 atom stereocenters. The Hall–Kier alpha value is -2.52. The van der Waals surface area contributed by atoms with Crippen molar-refractivity contribution in [2.45, 2.75) is 19.4 Å². The number of sulfonamides is 1. The normalized spacial score (nSPS) is 13.7. The van der Waals surface area contributed by atoms with Crippen LogP contribution in [0.4, 0.5) is 5.69 Å². The molecule has 0 saturated carbocycles. The van der Waals surface area contributed by atoms with Gasteiger partial charge in [0.25, 0.3) is 0 Å². The second-order valence-corrected chi connectivity index (χ2v) is 8.97. The molecule has 0 bridgehead atoms. The average molecular weight is 422 g/mol. The first-order valence-electron chi connectivity index (χ1n) is 8.84. The fraction of sp³-hybridized carbons (Fsp3) is 0.316. The molecule has 3 rings (SSSR count). The van der Waals surface area contributed by atoms with E-state index in [1.54, 1.807) is 24.3 Å². The number of nitrogens with zero attached hydrogens (tertiary/aromatic N) is 1. The summed E-state index contributed by atoms with van der Waals surface area (Å²) in [4.78, 5) is 2.04. The summed E-state index contributed by atoms with van der Waals surface area (Å²) in [5.74, 6) is -0.209. The molecular formula is C19H23N3O4S2. The first-order chi connectivity index (χ1) is 13.2. The summed E-state index contributed by atoms with van der Waals surface area (Å²) in [6.45, 7) is 1.98. The largest absolute Gasteiger partial charge is 0.504 e. The van der Waals surface area contributed by atoms with E-state index in [0.717, 1.165) is 42.3 Å². The lowest BCUT2D eigenvalue weighted by molar-refractivity contribution is 0.375. The van der Waals surface area contributed by atoms with Gasteiger partial charge in [-0.25, -0.2) is 8.42 Å². The SMILES string of the molecule is CS(=O)(=O)Nc1ccc(CCNC(=S)N2CCc3cc(O)c(O)cc3C2)cc1. The minimum Gasteiger partial charge on any atom is -0.504 e. The van der Waals surface area contributed by atoms with Crippen LogP contribution in [-0.2, 0) is 29.4 Å². The number of phenols is 2. The predicted octanol–water partition coefficient (Wildman–Crippen LogP) is 1.94. The van der Waals surface area contributed by atoms with Gasteiger partial charge in [-0.3, -0.25) is 4.72 Å². The highest BCUT2D eigenvalue weighted by Crippen LogP contribution is 2.31. The third kappa shape index (κ3) is 5.26. The maximum atomic E-state index is 11.2. The van der Waals surface area contributed by atoms with Gasteiger partial charge in [0, 0.05) is 25.3 Å². The van der Waals surface area contributed by atoms with Crippen molar-refractivity contribution in [2.24, 2.45) is 0 Å². The van der Waals surface area contributed by atoms with Gasteiger partial charge < -0.3 is 20.4 Å². The molecule has 0 aliphatic carbocycles. The van der Waals surface area contributed by atoms with Crippen molar-refractivity contribution < 1.29 is 18.6 Å². The minimum atomic E-state index is -3.27. The van der Waals surface area contributed by atoms with Crippen molar-refractivity contribution >= 4 is 33.0 Å². The van der Waals surface area contributed by atoms with E-state index >= 15 is 0 Å². The minimum absolute atomic E-state index is 0.0920. The van der Waals surface area contributed by atoms with E-state index in [2.05, 4.69) is 10.0 Å². The smallest absolute Gasteiger partial charge is 0.229 e. The van der Waals surface area contributed by atoms with Crippen LogP contribution in [0, 0.1) is 0 Å². The van der Waals surface area contributed by atoms with Crippen LogP contribution in [0.3, 0.4) is 0 Å². The summed E-state index contributed by atoms with van der Waals surface area (Å²) in [5, 5.41) is 23.2. The Balaban J connectivity index is 1.50. The van der Waals surface area contributed by atoms with Crippen molar-refractivity contribution in [3.8, 4) is 11.5 Å². The average Bonchev–Trinajstić information content (AvgIpc) is 2.62. The fourth-order valence-corrected chi connectivity index (χ4v) is 3.96. The number of thiocarbonyl (C=S) groups is 1. The van der Waals surface area contributed by atoms with Crippen molar-refractivity contribution in [1.29, 1.82) is 0 Å². The van der Waals surface area contributed by atoms with Gasteiger partial charge in [0.2, 0.25) is 10.0 Å². The molecule has 4 N–H and O–H groups in total. The quantitative estimate of drug-likeness (QED) is 0.432. The second kappa shape index (κ2) is 8.24. The van der Waals surface area contributed by atoms with Crippen LogP contribution in [0.15, 0.2) is 36.4 Å². The van der Waals surface area contributed by atoms with E-state index in [1.165, 1.54) is 0 Å². The van der Waals surface area contributed by atoms with Gasteiger partial charge in [0.15, 0.2) is 16.6 Å². The van der Waals surface area contributed by atoms with Gasteiger partial charge in [0.1, 0.15) is 0 Å². The van der Waals surface area contributed by atoms with Crippen LogP contribution in [0.1, 0.15) is 16.7 Å². The third-order valence-corrected chi connectivity index (χ3v) is 5.55. The van der Waals surface area contributed by atoms with E-state index in [-0.39, 0.29) is 11.5 Å². The molecule has 0 aromatic heterocycles. The Morgan fingerprint density at radius 2 is 1.79 bits per heavy atom. The van der Waals surface area contributed by atoms with Gasteiger partial charge in [-0.05, 0) is 66.0 Å². The summed E-state index contributed by atoms with van der Waals surface area (Å²) >= 11 is 5.48. The van der Waals surface area contributed by atoms with E-state index < -0.39 is 10.0 Å². The predicted molar refractivity (Wildman–Crippen MR) is 113 cm³/mol. The van der Waals surface area contributed by atoms with Gasteiger partial charge in [-0.15, -0.1) is 0 Å². The maximum absolute atomic E-state index is 11.2. The Bertz CT molecular complexity index is 975. The zero-order valence-electron chi connectivity index (χ0n) is 15.5. The Labute approximate surface area is 170 Å². The highest BCUT2D eigenvalue weighted by molar-refractivity contribution is 7.92. The fourth-order valence-electron chi connectivity index (χ4n) is 3.14. The van der Waals surface area contributed by atoms with Crippen LogP contribution >= 0.6 is 12.2 Å². The molecule has 9 heteroatoms. The molecule has 2 aromatic carbocycles. The molecule has 2 aromatic rings. The second-order valence-electron chi connectivity index (χ2n) is 6.83. The van der Waals surface area contributed by atoms with E-state index in [0.29, 0.717) is 23.9 Å². The lowest BCUT2D eigenvalue weighted by atomic mass is 9.99. The van der Waals surface area contributed by atoms with Gasteiger partial charge in [-0.1, -0.05) is 12.1 Å². The van der Waals surface area contributed by atoms with E-state index in [4.69, 9.17) is 12.2 Å². The molecule has 7 nitrogen and oxygen atoms in total. The molecule has 0 unspecified atom stereocenters. The number of rotatable bonds is 5. The topological polar surface area (TPSA) is 102 Å². The highest BCUT2D eigenvalue weighted by Gasteiger charge is 2.20. The summed E-state index contributed by atoms with van der Waals surface area (Å²) in [7, 11) is -3.27. The Morgan fingerprint density at radius 1 is 1.14 bits per heavy atom. The maximum Gasteiger partial charge on any atom is 0.229 e. The van der Waals surface area contributed by atoms with Gasteiger partial charge in [0.05, 0.1) is 6.26 Å². The third-order valence-electron chi connectivity index (χ3n) is 4.54. The van der Waals surface area contributed by atoms with Crippen LogP contribution in [0.5, 0.6) is 11.5 Å². The van der Waals surface area contributed by atoms with Crippen LogP contribution in [0.25, 0.3) is 0 Å². The van der Waals surface area contributed by atoms with Gasteiger partial charge >= 0.3 is 0 Å². The first-order valence-corrected chi connectivity index (χ1v) is 11.1. The van der Waals surface area contributed by atoms with Crippen molar-refractivity contribution in [2.75, 3.05) is 24.1 Å². The lowest BCUT2D eigenvalue weighted by Crippen LogP contribution is -2.43. The van der Waals surface area contributed by atoms with E-state index in [9.17, 15) is 18.6 Å². The molecule has 1 heterocycles. The Kier molecular flexibility index (Phi) is 5.95. The van der Waals surface area contributed by atoms with Crippen molar-refractivity contribution in [3.63, 3.8) is 0 Å². The number of hydrogen-bond donors (Lipinski definition) is 4. The molecule has 0 radical (unpaired) electrons. The van der Waals surface area contributed by atoms with Gasteiger partial charge in [-0.2, -0.15) is 0 Å². The molecule has 1 aliphatic heterocycles. The molecular weight excluding hydrogens is 398 g/mol. The van der Waals surface area contributed by atoms with Crippen LogP contribution < -0.4 is 10.0 Å². The molecule has 0 saturated heterocycles. The van der Waals surface area contributed by atoms with Crippen LogP contribution in [0.2, 0.25) is 0 Å². The number of aromatic hydroxyl groups is 2. The lowest BCUT2D eigenvalue weighted by Gasteiger charge is -2.31. The summed E-state index contributed by atoms with van der Waals surface area (Å²) < 4.78 is 24.9. The summed E-state index contributed by atoms with van der Waals surface area (Å²) in [6, 6.07) is 10.4. The number of fused-ring (bicyclic) bond motifs is 1. The molecule has 0 spiro atoms. The number of nitrogens with one attached hydrogen (secondary N) is 2. The molecule has 0 fully saturated rings. The molecule has 28 heavy (non-hydrogen) atoms. The molecule has 0 amide bonds. The number of hydrogen-bond acceptors (Lipinski definition) is 5. The number of anilines is 1. The highest BCUT2D eigenvalue weighted by atomic mass is 32.2. The monoisotopic (exact) mass is 421 g/mol. The van der Waals surface area contributed by atoms with Crippen molar-refractivity contribution in [3.05, 3.63) is 53.1 Å². The Morgan fingerprint density at radius 3 is 2.43 bits per heavy atom. The van der Waals surface area contributed by atoms with Crippen LogP contribution in [-0.4, -0.2) is 48.0 Å².